The first-order valence-corrected chi connectivity index (χ1v) is 3.10. The summed E-state index contributed by atoms with van der Waals surface area (Å²) in [6.07, 6.45) is 4.02. The largest absolute Gasteiger partial charge is 0.299 e. The predicted octanol–water partition coefficient (Wildman–Crippen LogP) is 1.90. The van der Waals surface area contributed by atoms with E-state index in [-0.39, 0.29) is 19.5 Å². The van der Waals surface area contributed by atoms with Gasteiger partial charge in [0.1, 0.15) is 6.29 Å². The van der Waals surface area contributed by atoms with Crippen LogP contribution in [0.4, 0.5) is 0 Å². The molecule has 0 atom stereocenters. The first-order chi connectivity index (χ1) is 4.93. The van der Waals surface area contributed by atoms with Crippen LogP contribution in [0.15, 0.2) is 36.4 Å². The summed E-state index contributed by atoms with van der Waals surface area (Å²) in [4.78, 5) is 9.89. The van der Waals surface area contributed by atoms with Crippen molar-refractivity contribution in [3.63, 3.8) is 0 Å². The molecule has 0 saturated heterocycles. The van der Waals surface area contributed by atoms with Gasteiger partial charge in [0.2, 0.25) is 0 Å². The summed E-state index contributed by atoms with van der Waals surface area (Å²) in [6, 6.07) is 9.70. The average Bonchev–Trinajstić information content (AvgIpc) is 2.03. The van der Waals surface area contributed by atoms with Crippen molar-refractivity contribution in [3.8, 4) is 0 Å². The van der Waals surface area contributed by atoms with Gasteiger partial charge in [0, 0.05) is 19.5 Å². The second kappa shape index (κ2) is 6.00. The first-order valence-electron chi connectivity index (χ1n) is 3.10. The van der Waals surface area contributed by atoms with E-state index < -0.39 is 0 Å². The third kappa shape index (κ3) is 3.84. The van der Waals surface area contributed by atoms with Crippen LogP contribution in [0, 0.1) is 0 Å². The summed E-state index contributed by atoms with van der Waals surface area (Å²) in [6.45, 7) is 0. The summed E-state index contributed by atoms with van der Waals surface area (Å²) in [7, 11) is 0. The molecule has 0 spiro atoms. The van der Waals surface area contributed by atoms with Gasteiger partial charge in [0.25, 0.3) is 0 Å². The van der Waals surface area contributed by atoms with Crippen LogP contribution in [0.2, 0.25) is 0 Å². The molecule has 0 aromatic heterocycles. The number of benzene rings is 1. The zero-order chi connectivity index (χ0) is 7.23. The van der Waals surface area contributed by atoms with Gasteiger partial charge >= 0.3 is 0 Å². The summed E-state index contributed by atoms with van der Waals surface area (Å²) < 4.78 is 0. The van der Waals surface area contributed by atoms with Gasteiger partial charge in [-0.2, -0.15) is 0 Å². The van der Waals surface area contributed by atoms with Crippen LogP contribution in [-0.4, -0.2) is 6.29 Å². The van der Waals surface area contributed by atoms with Crippen molar-refractivity contribution in [1.82, 2.24) is 0 Å². The molecular formula is C9H8OZn. The zero-order valence-corrected chi connectivity index (χ0v) is 9.20. The standard InChI is InChI=1S/C9H8O.Zn/c10-8-4-7-9-5-2-1-3-6-9;/h1-8H;. The fraction of sp³-hybridized carbons (Fsp3) is 0. The first kappa shape index (κ1) is 10.3. The summed E-state index contributed by atoms with van der Waals surface area (Å²) >= 11 is 0. The molecule has 0 heterocycles. The minimum absolute atomic E-state index is 0. The van der Waals surface area contributed by atoms with Crippen LogP contribution < -0.4 is 0 Å². The fourth-order valence-electron chi connectivity index (χ4n) is 0.715. The van der Waals surface area contributed by atoms with Crippen molar-refractivity contribution in [3.05, 3.63) is 42.0 Å². The van der Waals surface area contributed by atoms with Gasteiger partial charge in [0.15, 0.2) is 0 Å². The maximum absolute atomic E-state index is 9.89. The molecule has 0 aliphatic rings. The molecule has 1 aromatic rings. The minimum atomic E-state index is 0. The van der Waals surface area contributed by atoms with Gasteiger partial charge in [-0.1, -0.05) is 36.4 Å². The topological polar surface area (TPSA) is 17.1 Å². The minimum Gasteiger partial charge on any atom is -0.299 e. The van der Waals surface area contributed by atoms with E-state index in [0.717, 1.165) is 11.8 Å². The van der Waals surface area contributed by atoms with Crippen LogP contribution in [0.3, 0.4) is 0 Å². The van der Waals surface area contributed by atoms with Gasteiger partial charge < -0.3 is 0 Å². The Morgan fingerprint density at radius 2 is 1.73 bits per heavy atom. The molecule has 1 rings (SSSR count). The van der Waals surface area contributed by atoms with E-state index in [0.29, 0.717) is 0 Å². The van der Waals surface area contributed by atoms with Crippen molar-refractivity contribution < 1.29 is 24.3 Å². The average molecular weight is 198 g/mol. The molecule has 1 nitrogen and oxygen atoms in total. The van der Waals surface area contributed by atoms with Crippen LogP contribution in [0.5, 0.6) is 0 Å². The monoisotopic (exact) mass is 196 g/mol. The van der Waals surface area contributed by atoms with E-state index in [9.17, 15) is 4.79 Å². The molecule has 0 aliphatic carbocycles. The van der Waals surface area contributed by atoms with E-state index in [4.69, 9.17) is 0 Å². The molecule has 1 aromatic carbocycles. The Bertz CT molecular complexity index is 229. The molecule has 2 heteroatoms. The molecule has 11 heavy (non-hydrogen) atoms. The molecule has 0 amide bonds. The number of carbonyl (C=O) groups is 1. The summed E-state index contributed by atoms with van der Waals surface area (Å²) in [5.41, 5.74) is 1.05. The smallest absolute Gasteiger partial charge is 0.142 e. The Hall–Kier alpha value is -0.747. The molecule has 0 saturated carbocycles. The normalized spacial score (nSPS) is 9.09. The van der Waals surface area contributed by atoms with Crippen LogP contribution >= 0.6 is 0 Å². The number of hydrogen-bond acceptors (Lipinski definition) is 1. The van der Waals surface area contributed by atoms with Crippen molar-refractivity contribution in [2.24, 2.45) is 0 Å². The second-order valence-corrected chi connectivity index (χ2v) is 1.91. The maximum atomic E-state index is 9.89. The molecule has 0 N–H and O–H groups in total. The second-order valence-electron chi connectivity index (χ2n) is 1.91. The Balaban J connectivity index is 0.000001000. The van der Waals surface area contributed by atoms with Crippen LogP contribution in [-0.2, 0) is 24.3 Å². The van der Waals surface area contributed by atoms with Crippen LogP contribution in [0.1, 0.15) is 5.56 Å². The van der Waals surface area contributed by atoms with E-state index in [1.807, 2.05) is 30.3 Å². The SMILES string of the molecule is O=CC=Cc1ccccc1.[Zn]. The number of carbonyl (C=O) groups excluding carboxylic acids is 1. The summed E-state index contributed by atoms with van der Waals surface area (Å²) in [5, 5.41) is 0. The van der Waals surface area contributed by atoms with Gasteiger partial charge in [-0.05, 0) is 11.6 Å². The van der Waals surface area contributed by atoms with Gasteiger partial charge in [-0.3, -0.25) is 4.79 Å². The van der Waals surface area contributed by atoms with Crippen molar-refractivity contribution in [2.45, 2.75) is 0 Å². The quantitative estimate of drug-likeness (QED) is 0.402. The predicted molar refractivity (Wildman–Crippen MR) is 41.5 cm³/mol. The Labute approximate surface area is 78.9 Å². The van der Waals surface area contributed by atoms with E-state index in [1.165, 1.54) is 6.08 Å². The van der Waals surface area contributed by atoms with E-state index >= 15 is 0 Å². The number of hydrogen-bond donors (Lipinski definition) is 0. The van der Waals surface area contributed by atoms with Crippen molar-refractivity contribution in [1.29, 1.82) is 0 Å². The Kier molecular flexibility index (Phi) is 5.59. The van der Waals surface area contributed by atoms with Crippen LogP contribution in [0.25, 0.3) is 6.08 Å². The van der Waals surface area contributed by atoms with Crippen molar-refractivity contribution >= 4 is 12.4 Å². The molecule has 0 aliphatic heterocycles. The number of aldehydes is 1. The molecule has 0 radical (unpaired) electrons. The maximum Gasteiger partial charge on any atom is 0.142 e. The van der Waals surface area contributed by atoms with Gasteiger partial charge in [-0.25, -0.2) is 0 Å². The fourth-order valence-corrected chi connectivity index (χ4v) is 0.715. The molecule has 52 valence electrons. The molecule has 0 unspecified atom stereocenters. The number of rotatable bonds is 2. The van der Waals surface area contributed by atoms with E-state index in [1.54, 1.807) is 6.08 Å². The number of allylic oxidation sites excluding steroid dienone is 1. The Morgan fingerprint density at radius 3 is 2.27 bits per heavy atom. The molecular weight excluding hydrogens is 189 g/mol. The molecule has 0 bridgehead atoms. The summed E-state index contributed by atoms with van der Waals surface area (Å²) in [5.74, 6) is 0. The third-order valence-electron chi connectivity index (χ3n) is 1.17. The van der Waals surface area contributed by atoms with Gasteiger partial charge in [-0.15, -0.1) is 0 Å². The van der Waals surface area contributed by atoms with Crippen molar-refractivity contribution in [2.75, 3.05) is 0 Å². The van der Waals surface area contributed by atoms with Gasteiger partial charge in [0.05, 0.1) is 0 Å². The molecule has 0 fully saturated rings. The zero-order valence-electron chi connectivity index (χ0n) is 6.23. The Morgan fingerprint density at radius 1 is 1.09 bits per heavy atom. The third-order valence-corrected chi connectivity index (χ3v) is 1.17. The van der Waals surface area contributed by atoms with E-state index in [2.05, 4.69) is 0 Å².